The standard InChI is InChI=1S/C22H32N4O3/c1-23(2)15-19-17-12-16(18-6-5-8-22(29)26(18)19)13-25(14-17)21(28)9-11-24-10-4-3-7-20(24)27/h3-4,7,10,16-19H,5-6,8-9,11-15H2,1-2H3/t16-,17+,18+,19+/m1/s1. The number of carbonyl (C=O) groups excluding carboxylic acids is 2. The fourth-order valence-electron chi connectivity index (χ4n) is 5.61. The Morgan fingerprint density at radius 3 is 2.72 bits per heavy atom. The van der Waals surface area contributed by atoms with Gasteiger partial charge in [0.2, 0.25) is 11.8 Å². The Kier molecular flexibility index (Phi) is 5.76. The average molecular weight is 401 g/mol. The van der Waals surface area contributed by atoms with E-state index in [-0.39, 0.29) is 23.6 Å². The lowest BCUT2D eigenvalue weighted by Crippen LogP contribution is -2.67. The summed E-state index contributed by atoms with van der Waals surface area (Å²) in [6.45, 7) is 2.72. The number of hydrogen-bond donors (Lipinski definition) is 0. The van der Waals surface area contributed by atoms with E-state index < -0.39 is 0 Å². The van der Waals surface area contributed by atoms with Crippen LogP contribution in [0.1, 0.15) is 32.1 Å². The van der Waals surface area contributed by atoms with Gasteiger partial charge < -0.3 is 19.3 Å². The van der Waals surface area contributed by atoms with Crippen LogP contribution < -0.4 is 5.56 Å². The first kappa shape index (κ1) is 20.1. The first-order chi connectivity index (χ1) is 13.9. The van der Waals surface area contributed by atoms with Crippen molar-refractivity contribution in [2.75, 3.05) is 33.7 Å². The highest BCUT2D eigenvalue weighted by molar-refractivity contribution is 5.78. The molecule has 4 rings (SSSR count). The quantitative estimate of drug-likeness (QED) is 0.741. The zero-order valence-corrected chi connectivity index (χ0v) is 17.5. The number of aryl methyl sites for hydroxylation is 1. The third kappa shape index (κ3) is 4.10. The van der Waals surface area contributed by atoms with Gasteiger partial charge in [0, 0.05) is 63.4 Å². The summed E-state index contributed by atoms with van der Waals surface area (Å²) in [4.78, 5) is 44.0. The van der Waals surface area contributed by atoms with E-state index in [2.05, 4.69) is 23.9 Å². The second-order valence-corrected chi connectivity index (χ2v) is 9.13. The monoisotopic (exact) mass is 400 g/mol. The maximum Gasteiger partial charge on any atom is 0.250 e. The van der Waals surface area contributed by atoms with E-state index in [9.17, 15) is 14.4 Å². The van der Waals surface area contributed by atoms with Crippen LogP contribution in [0.2, 0.25) is 0 Å². The molecule has 29 heavy (non-hydrogen) atoms. The molecule has 7 heteroatoms. The van der Waals surface area contributed by atoms with Crippen molar-refractivity contribution in [1.29, 1.82) is 0 Å². The number of pyridine rings is 1. The number of likely N-dealkylation sites (tertiary alicyclic amines) is 1. The number of nitrogens with zero attached hydrogens (tertiary/aromatic N) is 4. The summed E-state index contributed by atoms with van der Waals surface area (Å²) in [6.07, 6.45) is 5.85. The highest BCUT2D eigenvalue weighted by Crippen LogP contribution is 2.41. The van der Waals surface area contributed by atoms with E-state index in [4.69, 9.17) is 0 Å². The van der Waals surface area contributed by atoms with Crippen LogP contribution in [0.15, 0.2) is 29.2 Å². The molecule has 1 aromatic rings. The Morgan fingerprint density at radius 1 is 1.17 bits per heavy atom. The van der Waals surface area contributed by atoms with Crippen molar-refractivity contribution in [2.24, 2.45) is 11.8 Å². The molecule has 3 fully saturated rings. The van der Waals surface area contributed by atoms with Gasteiger partial charge in [-0.2, -0.15) is 0 Å². The van der Waals surface area contributed by atoms with Crippen LogP contribution in [0.3, 0.4) is 0 Å². The minimum Gasteiger partial charge on any atom is -0.342 e. The Bertz CT molecular complexity index is 820. The molecule has 3 saturated heterocycles. The lowest BCUT2D eigenvalue weighted by molar-refractivity contribution is -0.157. The summed E-state index contributed by atoms with van der Waals surface area (Å²) in [7, 11) is 4.11. The van der Waals surface area contributed by atoms with E-state index >= 15 is 0 Å². The summed E-state index contributed by atoms with van der Waals surface area (Å²) >= 11 is 0. The van der Waals surface area contributed by atoms with Gasteiger partial charge in [0.1, 0.15) is 0 Å². The minimum absolute atomic E-state index is 0.0711. The van der Waals surface area contributed by atoms with Gasteiger partial charge in [-0.3, -0.25) is 14.4 Å². The molecule has 0 radical (unpaired) electrons. The van der Waals surface area contributed by atoms with Gasteiger partial charge in [0.05, 0.1) is 0 Å². The van der Waals surface area contributed by atoms with E-state index in [1.807, 2.05) is 11.0 Å². The summed E-state index contributed by atoms with van der Waals surface area (Å²) in [5.74, 6) is 1.12. The van der Waals surface area contributed by atoms with Crippen LogP contribution in [0, 0.1) is 11.8 Å². The van der Waals surface area contributed by atoms with Gasteiger partial charge in [-0.1, -0.05) is 6.07 Å². The number of carbonyl (C=O) groups is 2. The van der Waals surface area contributed by atoms with Crippen LogP contribution in [-0.4, -0.2) is 76.9 Å². The SMILES string of the molecule is CN(C)C[C@H]1[C@H]2C[C@H](CN(C(=O)CCn3ccccc3=O)C2)[C@@H]2CCCC(=O)N21. The first-order valence-electron chi connectivity index (χ1n) is 10.8. The lowest BCUT2D eigenvalue weighted by Gasteiger charge is -2.57. The van der Waals surface area contributed by atoms with Crippen molar-refractivity contribution >= 4 is 11.8 Å². The van der Waals surface area contributed by atoms with Gasteiger partial charge in [-0.15, -0.1) is 0 Å². The fourth-order valence-corrected chi connectivity index (χ4v) is 5.61. The zero-order valence-electron chi connectivity index (χ0n) is 17.5. The molecule has 0 aliphatic carbocycles. The summed E-state index contributed by atoms with van der Waals surface area (Å²) in [5.41, 5.74) is -0.0711. The van der Waals surface area contributed by atoms with Crippen molar-refractivity contribution < 1.29 is 9.59 Å². The largest absolute Gasteiger partial charge is 0.342 e. The number of aromatic nitrogens is 1. The molecule has 0 spiro atoms. The molecule has 3 aliphatic rings. The van der Waals surface area contributed by atoms with Crippen LogP contribution in [0.4, 0.5) is 0 Å². The molecule has 0 unspecified atom stereocenters. The van der Waals surface area contributed by atoms with Crippen LogP contribution in [-0.2, 0) is 16.1 Å². The van der Waals surface area contributed by atoms with Crippen molar-refractivity contribution in [3.05, 3.63) is 34.7 Å². The van der Waals surface area contributed by atoms with Crippen LogP contribution in [0.5, 0.6) is 0 Å². The molecule has 158 valence electrons. The summed E-state index contributed by atoms with van der Waals surface area (Å²) in [6, 6.07) is 5.51. The van der Waals surface area contributed by atoms with Gasteiger partial charge in [-0.25, -0.2) is 0 Å². The van der Waals surface area contributed by atoms with E-state index in [1.54, 1.807) is 16.8 Å². The fraction of sp³-hybridized carbons (Fsp3) is 0.682. The third-order valence-electron chi connectivity index (χ3n) is 6.87. The maximum absolute atomic E-state index is 13.0. The predicted octanol–water partition coefficient (Wildman–Crippen LogP) is 1.03. The molecule has 2 amide bonds. The summed E-state index contributed by atoms with van der Waals surface area (Å²) in [5, 5.41) is 0. The smallest absolute Gasteiger partial charge is 0.250 e. The van der Waals surface area contributed by atoms with Crippen LogP contribution >= 0.6 is 0 Å². The molecule has 4 heterocycles. The van der Waals surface area contributed by atoms with Gasteiger partial charge in [0.15, 0.2) is 0 Å². The molecular formula is C22H32N4O3. The molecule has 0 saturated carbocycles. The molecule has 7 nitrogen and oxygen atoms in total. The number of likely N-dealkylation sites (N-methyl/N-ethyl adjacent to an activating group) is 1. The number of rotatable bonds is 5. The Hall–Kier alpha value is -2.15. The first-order valence-corrected chi connectivity index (χ1v) is 10.8. The Balaban J connectivity index is 1.48. The maximum atomic E-state index is 13.0. The molecule has 4 atom stereocenters. The topological polar surface area (TPSA) is 65.9 Å². The average Bonchev–Trinajstić information content (AvgIpc) is 2.70. The molecule has 1 aromatic heterocycles. The molecule has 3 aliphatic heterocycles. The molecule has 0 N–H and O–H groups in total. The number of piperidine rings is 3. The highest BCUT2D eigenvalue weighted by Gasteiger charge is 2.49. The van der Waals surface area contributed by atoms with Crippen molar-refractivity contribution in [2.45, 2.75) is 50.7 Å². The Morgan fingerprint density at radius 2 is 1.97 bits per heavy atom. The van der Waals surface area contributed by atoms with E-state index in [0.29, 0.717) is 43.7 Å². The molecule has 2 bridgehead atoms. The van der Waals surface area contributed by atoms with Gasteiger partial charge in [-0.05, 0) is 51.3 Å². The van der Waals surface area contributed by atoms with Crippen molar-refractivity contribution in [3.8, 4) is 0 Å². The number of fused-ring (bicyclic) bond motifs is 4. The zero-order chi connectivity index (χ0) is 20.5. The second-order valence-electron chi connectivity index (χ2n) is 9.13. The van der Waals surface area contributed by atoms with E-state index in [0.717, 1.165) is 32.4 Å². The van der Waals surface area contributed by atoms with E-state index in [1.165, 1.54) is 6.07 Å². The minimum atomic E-state index is -0.0711. The highest BCUT2D eigenvalue weighted by atomic mass is 16.2. The molecular weight excluding hydrogens is 368 g/mol. The Labute approximate surface area is 172 Å². The van der Waals surface area contributed by atoms with Gasteiger partial charge >= 0.3 is 0 Å². The molecule has 0 aromatic carbocycles. The predicted molar refractivity (Wildman–Crippen MR) is 110 cm³/mol. The normalized spacial score (nSPS) is 29.1. The number of hydrogen-bond acceptors (Lipinski definition) is 4. The summed E-state index contributed by atoms with van der Waals surface area (Å²) < 4.78 is 1.60. The van der Waals surface area contributed by atoms with Crippen molar-refractivity contribution in [1.82, 2.24) is 19.3 Å². The van der Waals surface area contributed by atoms with Crippen molar-refractivity contribution in [3.63, 3.8) is 0 Å². The van der Waals surface area contributed by atoms with Gasteiger partial charge in [0.25, 0.3) is 5.56 Å². The number of amides is 2. The lowest BCUT2D eigenvalue weighted by atomic mass is 9.72. The second kappa shape index (κ2) is 8.30. The van der Waals surface area contributed by atoms with Crippen LogP contribution in [0.25, 0.3) is 0 Å². The third-order valence-corrected chi connectivity index (χ3v) is 6.87.